The minimum absolute atomic E-state index is 0. The van der Waals surface area contributed by atoms with Crippen LogP contribution < -0.4 is 0 Å². The second-order valence-corrected chi connectivity index (χ2v) is 15.3. The summed E-state index contributed by atoms with van der Waals surface area (Å²) in [5, 5.41) is 37.9. The van der Waals surface area contributed by atoms with Gasteiger partial charge in [-0.15, -0.1) is 0 Å². The second kappa shape index (κ2) is 23.8. The summed E-state index contributed by atoms with van der Waals surface area (Å²) in [5.41, 5.74) is 13.7. The van der Waals surface area contributed by atoms with Crippen molar-refractivity contribution in [2.75, 3.05) is 0 Å². The molecule has 0 bridgehead atoms. The number of nitrogens with one attached hydrogen (secondary N) is 3. The first kappa shape index (κ1) is 48.5. The van der Waals surface area contributed by atoms with Gasteiger partial charge in [0.15, 0.2) is 0 Å². The SMILES string of the molecule is Cc1cc(C)n(C(n2nc(C)cc2C)n2nc(C)cc2C)n1.N=C(c1ccccc1)c1ccccc1.N=C(c1ccccc1)c1ccccc1.N=C(c1ccccc1)c1ccccc1.[Cr]. The first-order chi connectivity index (χ1) is 31.0. The molecule has 6 aromatic carbocycles. The molecule has 0 aliphatic heterocycles. The van der Waals surface area contributed by atoms with Gasteiger partial charge in [0, 0.05) is 34.4 Å². The molecular weight excluding hydrogens is 839 g/mol. The standard InChI is InChI=1S/C16H22N6.3C13H11N.Cr/c1-10-7-13(4)20(17-10)16(21-14(5)8-11(2)18-21)22-15(6)9-12(3)19-22;3*14-13(11-7-3-1-4-8-11)12-9-5-2-6-10-12;/h7-9,16H,1-6H3;3*1-10,14H;. The van der Waals surface area contributed by atoms with Crippen molar-refractivity contribution in [3.8, 4) is 0 Å². The maximum Gasteiger partial charge on any atom is 0.238 e. The molecule has 3 aromatic heterocycles. The number of nitrogens with zero attached hydrogens (tertiary/aromatic N) is 6. The van der Waals surface area contributed by atoms with Crippen LogP contribution in [0.1, 0.15) is 73.8 Å². The summed E-state index contributed by atoms with van der Waals surface area (Å²) in [5.74, 6) is 0. The molecule has 326 valence electrons. The van der Waals surface area contributed by atoms with Crippen molar-refractivity contribution >= 4 is 17.1 Å². The molecule has 0 atom stereocenters. The van der Waals surface area contributed by atoms with E-state index in [0.717, 1.165) is 67.5 Å². The van der Waals surface area contributed by atoms with Crippen molar-refractivity contribution in [1.82, 2.24) is 29.3 Å². The Bertz CT molecular complexity index is 2430. The van der Waals surface area contributed by atoms with Crippen molar-refractivity contribution in [3.63, 3.8) is 0 Å². The zero-order valence-electron chi connectivity index (χ0n) is 37.7. The predicted octanol–water partition coefficient (Wildman–Crippen LogP) is 12.0. The van der Waals surface area contributed by atoms with Crippen LogP contribution >= 0.6 is 0 Å². The average molecular weight is 894 g/mol. The van der Waals surface area contributed by atoms with Crippen LogP contribution in [0, 0.1) is 57.8 Å². The van der Waals surface area contributed by atoms with Crippen molar-refractivity contribution in [3.05, 3.63) is 268 Å². The molecule has 65 heavy (non-hydrogen) atoms. The molecule has 0 saturated carbocycles. The van der Waals surface area contributed by atoms with E-state index in [2.05, 4.69) is 54.3 Å². The summed E-state index contributed by atoms with van der Waals surface area (Å²) >= 11 is 0. The average Bonchev–Trinajstić information content (AvgIpc) is 3.99. The van der Waals surface area contributed by atoms with Crippen molar-refractivity contribution in [1.29, 1.82) is 16.2 Å². The minimum Gasteiger partial charge on any atom is -0.300 e. The molecule has 0 spiro atoms. The second-order valence-electron chi connectivity index (χ2n) is 15.3. The number of hydrogen-bond donors (Lipinski definition) is 3. The van der Waals surface area contributed by atoms with Crippen LogP contribution in [0.5, 0.6) is 0 Å². The Kier molecular flexibility index (Phi) is 17.8. The zero-order valence-corrected chi connectivity index (χ0v) is 39.0. The van der Waals surface area contributed by atoms with Crippen LogP contribution in [0.4, 0.5) is 0 Å². The van der Waals surface area contributed by atoms with E-state index in [-0.39, 0.29) is 23.7 Å². The van der Waals surface area contributed by atoms with E-state index in [0.29, 0.717) is 17.1 Å². The summed E-state index contributed by atoms with van der Waals surface area (Å²) in [6.45, 7) is 12.2. The Labute approximate surface area is 393 Å². The Morgan fingerprint density at radius 2 is 0.492 bits per heavy atom. The fraction of sp³-hybridized carbons (Fsp3) is 0.127. The van der Waals surface area contributed by atoms with Crippen LogP contribution in [0.3, 0.4) is 0 Å². The third-order valence-electron chi connectivity index (χ3n) is 10.2. The van der Waals surface area contributed by atoms with Gasteiger partial charge in [-0.1, -0.05) is 182 Å². The topological polar surface area (TPSA) is 125 Å². The molecule has 3 heterocycles. The van der Waals surface area contributed by atoms with Gasteiger partial charge in [0.05, 0.1) is 34.2 Å². The molecule has 9 aromatic rings. The molecule has 3 N–H and O–H groups in total. The van der Waals surface area contributed by atoms with Crippen LogP contribution in [-0.2, 0) is 17.4 Å². The van der Waals surface area contributed by atoms with Crippen LogP contribution in [0.25, 0.3) is 0 Å². The molecule has 0 saturated heterocycles. The summed E-state index contributed by atoms with van der Waals surface area (Å²) in [4.78, 5) is 0. The first-order valence-corrected chi connectivity index (χ1v) is 21.2. The van der Waals surface area contributed by atoms with Gasteiger partial charge in [0.25, 0.3) is 0 Å². The first-order valence-electron chi connectivity index (χ1n) is 21.2. The van der Waals surface area contributed by atoms with Crippen LogP contribution in [0.2, 0.25) is 0 Å². The predicted molar refractivity (Wildman–Crippen MR) is 261 cm³/mol. The smallest absolute Gasteiger partial charge is 0.238 e. The number of benzene rings is 6. The van der Waals surface area contributed by atoms with Crippen molar-refractivity contribution in [2.24, 2.45) is 0 Å². The Morgan fingerprint density at radius 1 is 0.323 bits per heavy atom. The van der Waals surface area contributed by atoms with E-state index < -0.39 is 0 Å². The molecule has 0 unspecified atom stereocenters. The quantitative estimate of drug-likeness (QED) is 0.125. The number of hydrogen-bond acceptors (Lipinski definition) is 6. The van der Waals surface area contributed by atoms with Gasteiger partial charge in [-0.3, -0.25) is 16.2 Å². The fourth-order valence-electron chi connectivity index (χ4n) is 7.08. The Morgan fingerprint density at radius 3 is 0.631 bits per heavy atom. The molecule has 9 nitrogen and oxygen atoms in total. The van der Waals surface area contributed by atoms with E-state index >= 15 is 0 Å². The van der Waals surface area contributed by atoms with E-state index in [9.17, 15) is 0 Å². The summed E-state index contributed by atoms with van der Waals surface area (Å²) in [6, 6.07) is 64.8. The molecule has 10 heteroatoms. The third kappa shape index (κ3) is 13.3. The third-order valence-corrected chi connectivity index (χ3v) is 10.2. The number of rotatable bonds is 9. The Balaban J connectivity index is 0.000000166. The van der Waals surface area contributed by atoms with Crippen LogP contribution in [-0.4, -0.2) is 46.5 Å². The molecule has 0 fully saturated rings. The summed E-state index contributed by atoms with van der Waals surface area (Å²) in [6.07, 6.45) is -0.226. The normalized spacial score (nSPS) is 10.2. The number of aryl methyl sites for hydroxylation is 6. The summed E-state index contributed by atoms with van der Waals surface area (Å²) < 4.78 is 5.94. The zero-order chi connectivity index (χ0) is 45.4. The molecular formula is C55H55CrN9. The fourth-order valence-corrected chi connectivity index (χ4v) is 7.08. The van der Waals surface area contributed by atoms with Crippen LogP contribution in [0.15, 0.2) is 200 Å². The minimum atomic E-state index is -0.226. The van der Waals surface area contributed by atoms with Gasteiger partial charge in [0.2, 0.25) is 6.29 Å². The van der Waals surface area contributed by atoms with E-state index in [4.69, 9.17) is 16.2 Å². The molecule has 0 aliphatic rings. The summed E-state index contributed by atoms with van der Waals surface area (Å²) in [7, 11) is 0. The van der Waals surface area contributed by atoms with Gasteiger partial charge in [0.1, 0.15) is 0 Å². The largest absolute Gasteiger partial charge is 0.300 e. The Hall–Kier alpha value is -7.51. The maximum absolute atomic E-state index is 7.97. The molecule has 0 aliphatic carbocycles. The van der Waals surface area contributed by atoms with Gasteiger partial charge in [-0.25, -0.2) is 14.0 Å². The van der Waals surface area contributed by atoms with E-state index in [1.807, 2.05) is 217 Å². The van der Waals surface area contributed by atoms with E-state index in [1.165, 1.54) is 0 Å². The number of aromatic nitrogens is 6. The monoisotopic (exact) mass is 893 g/mol. The maximum atomic E-state index is 7.97. The van der Waals surface area contributed by atoms with Gasteiger partial charge >= 0.3 is 0 Å². The molecule has 0 amide bonds. The van der Waals surface area contributed by atoms with Crippen molar-refractivity contribution in [2.45, 2.75) is 47.8 Å². The molecule has 0 radical (unpaired) electrons. The van der Waals surface area contributed by atoms with Gasteiger partial charge < -0.3 is 0 Å². The van der Waals surface area contributed by atoms with Gasteiger partial charge in [-0.2, -0.15) is 15.3 Å². The van der Waals surface area contributed by atoms with Gasteiger partial charge in [-0.05, 0) is 93.1 Å². The molecule has 9 rings (SSSR count). The van der Waals surface area contributed by atoms with Crippen molar-refractivity contribution < 1.29 is 17.4 Å². The van der Waals surface area contributed by atoms with E-state index in [1.54, 1.807) is 0 Å².